The number of pyridine rings is 1. The Bertz CT molecular complexity index is 1160. The zero-order valence-electron chi connectivity index (χ0n) is 15.1. The monoisotopic (exact) mass is 390 g/mol. The van der Waals surface area contributed by atoms with Crippen LogP contribution in [0.3, 0.4) is 0 Å². The first kappa shape index (κ1) is 17.9. The molecular formula is C20H18N6OS. The molecule has 4 N–H and O–H groups in total. The normalized spacial score (nSPS) is 10.8. The Morgan fingerprint density at radius 3 is 2.89 bits per heavy atom. The number of hydrogen-bond donors (Lipinski definition) is 3. The molecule has 0 bridgehead atoms. The summed E-state index contributed by atoms with van der Waals surface area (Å²) in [7, 11) is 1.60. The fourth-order valence-corrected chi connectivity index (χ4v) is 3.84. The van der Waals surface area contributed by atoms with Crippen molar-refractivity contribution in [2.45, 2.75) is 6.54 Å². The third kappa shape index (κ3) is 3.49. The lowest BCUT2D eigenvalue weighted by Gasteiger charge is -2.08. The number of rotatable bonds is 5. The number of anilines is 2. The number of fused-ring (bicyclic) bond motifs is 1. The number of carbonyl (C=O) groups is 1. The van der Waals surface area contributed by atoms with Gasteiger partial charge in [0.2, 0.25) is 0 Å². The molecule has 0 saturated heterocycles. The Balaban J connectivity index is 1.55. The first-order chi connectivity index (χ1) is 13.7. The smallest absolute Gasteiger partial charge is 0.254 e. The average molecular weight is 390 g/mol. The highest BCUT2D eigenvalue weighted by atomic mass is 32.1. The number of nitrogens with one attached hydrogen (secondary N) is 2. The number of nitrogen functional groups attached to an aromatic ring is 1. The second-order valence-electron chi connectivity index (χ2n) is 6.09. The highest BCUT2D eigenvalue weighted by Crippen LogP contribution is 2.31. The van der Waals surface area contributed by atoms with Crippen LogP contribution in [-0.2, 0) is 6.54 Å². The predicted molar refractivity (Wildman–Crippen MR) is 112 cm³/mol. The molecule has 7 nitrogen and oxygen atoms in total. The maximum Gasteiger partial charge on any atom is 0.254 e. The second-order valence-corrected chi connectivity index (χ2v) is 7.26. The van der Waals surface area contributed by atoms with Gasteiger partial charge >= 0.3 is 0 Å². The molecule has 8 heteroatoms. The number of aromatic nitrogens is 3. The number of nitrogens with zero attached hydrogens (tertiary/aromatic N) is 3. The molecule has 0 saturated carbocycles. The summed E-state index contributed by atoms with van der Waals surface area (Å²) >= 11 is 1.67. The summed E-state index contributed by atoms with van der Waals surface area (Å²) in [6.07, 6.45) is 3.13. The third-order valence-corrected chi connectivity index (χ3v) is 5.46. The quantitative estimate of drug-likeness (QED) is 0.483. The summed E-state index contributed by atoms with van der Waals surface area (Å²) in [5.41, 5.74) is 8.38. The predicted octanol–water partition coefficient (Wildman–Crippen LogP) is 3.31. The van der Waals surface area contributed by atoms with E-state index in [9.17, 15) is 4.79 Å². The van der Waals surface area contributed by atoms with Crippen molar-refractivity contribution in [2.75, 3.05) is 18.1 Å². The molecule has 28 heavy (non-hydrogen) atoms. The van der Waals surface area contributed by atoms with Gasteiger partial charge in [-0.3, -0.25) is 4.79 Å². The highest BCUT2D eigenvalue weighted by molar-refractivity contribution is 7.15. The number of thiophene rings is 1. The fraction of sp³-hybridized carbons (Fsp3) is 0.100. The van der Waals surface area contributed by atoms with Crippen LogP contribution < -0.4 is 16.4 Å². The van der Waals surface area contributed by atoms with Crippen LogP contribution in [0.25, 0.3) is 21.3 Å². The van der Waals surface area contributed by atoms with Gasteiger partial charge in [-0.05, 0) is 42.0 Å². The Morgan fingerprint density at radius 2 is 2.04 bits per heavy atom. The SMILES string of the molecule is CNC(=O)c1cccnc1NCc1ccc(-c2ccc3ncnc(N)c3c2)s1. The van der Waals surface area contributed by atoms with Crippen molar-refractivity contribution in [1.82, 2.24) is 20.3 Å². The lowest BCUT2D eigenvalue weighted by atomic mass is 10.1. The van der Waals surface area contributed by atoms with Crippen LogP contribution in [0.4, 0.5) is 11.6 Å². The minimum atomic E-state index is -0.168. The number of hydrogen-bond acceptors (Lipinski definition) is 7. The van der Waals surface area contributed by atoms with E-state index in [1.165, 1.54) is 6.33 Å². The van der Waals surface area contributed by atoms with E-state index in [1.807, 2.05) is 18.2 Å². The van der Waals surface area contributed by atoms with Gasteiger partial charge in [0.05, 0.1) is 17.6 Å². The molecule has 0 radical (unpaired) electrons. The minimum absolute atomic E-state index is 0.168. The second kappa shape index (κ2) is 7.61. The van der Waals surface area contributed by atoms with Crippen LogP contribution >= 0.6 is 11.3 Å². The summed E-state index contributed by atoms with van der Waals surface area (Å²) in [5, 5.41) is 6.72. The van der Waals surface area contributed by atoms with E-state index in [-0.39, 0.29) is 5.91 Å². The first-order valence-corrected chi connectivity index (χ1v) is 9.47. The van der Waals surface area contributed by atoms with E-state index in [0.717, 1.165) is 26.2 Å². The summed E-state index contributed by atoms with van der Waals surface area (Å²) in [4.78, 5) is 26.8. The van der Waals surface area contributed by atoms with Gasteiger partial charge in [0.25, 0.3) is 5.91 Å². The molecule has 0 fully saturated rings. The molecule has 0 aliphatic carbocycles. The largest absolute Gasteiger partial charge is 0.383 e. The van der Waals surface area contributed by atoms with E-state index in [2.05, 4.69) is 37.7 Å². The lowest BCUT2D eigenvalue weighted by molar-refractivity contribution is 0.0963. The van der Waals surface area contributed by atoms with Crippen molar-refractivity contribution in [3.8, 4) is 10.4 Å². The molecule has 3 heterocycles. The molecular weight excluding hydrogens is 372 g/mol. The zero-order valence-corrected chi connectivity index (χ0v) is 16.0. The van der Waals surface area contributed by atoms with Gasteiger partial charge in [0.15, 0.2) is 0 Å². The van der Waals surface area contributed by atoms with Gasteiger partial charge in [0.1, 0.15) is 18.0 Å². The minimum Gasteiger partial charge on any atom is -0.383 e. The van der Waals surface area contributed by atoms with Crippen LogP contribution in [0.2, 0.25) is 0 Å². The van der Waals surface area contributed by atoms with E-state index in [4.69, 9.17) is 5.73 Å². The summed E-state index contributed by atoms with van der Waals surface area (Å²) in [6.45, 7) is 0.574. The Morgan fingerprint density at radius 1 is 1.14 bits per heavy atom. The molecule has 0 aliphatic rings. The van der Waals surface area contributed by atoms with Crippen molar-refractivity contribution in [3.63, 3.8) is 0 Å². The Kier molecular flexibility index (Phi) is 4.86. The van der Waals surface area contributed by atoms with Crippen LogP contribution in [-0.4, -0.2) is 27.9 Å². The maximum atomic E-state index is 12.0. The molecule has 0 unspecified atom stereocenters. The number of carbonyl (C=O) groups excluding carboxylic acids is 1. The lowest BCUT2D eigenvalue weighted by Crippen LogP contribution is -2.20. The van der Waals surface area contributed by atoms with Crippen molar-refractivity contribution >= 4 is 39.8 Å². The highest BCUT2D eigenvalue weighted by Gasteiger charge is 2.11. The number of nitrogens with two attached hydrogens (primary N) is 1. The van der Waals surface area contributed by atoms with E-state index >= 15 is 0 Å². The molecule has 4 aromatic rings. The van der Waals surface area contributed by atoms with Gasteiger partial charge in [0, 0.05) is 28.4 Å². The van der Waals surface area contributed by atoms with Crippen molar-refractivity contribution in [3.05, 3.63) is 65.4 Å². The molecule has 0 aliphatic heterocycles. The van der Waals surface area contributed by atoms with Gasteiger partial charge < -0.3 is 16.4 Å². The Labute approximate surface area is 165 Å². The molecule has 4 rings (SSSR count). The Hall–Kier alpha value is -3.52. The third-order valence-electron chi connectivity index (χ3n) is 4.32. The zero-order chi connectivity index (χ0) is 19.5. The average Bonchev–Trinajstić information content (AvgIpc) is 3.21. The van der Waals surface area contributed by atoms with Crippen LogP contribution in [0.1, 0.15) is 15.2 Å². The molecule has 1 aromatic carbocycles. The summed E-state index contributed by atoms with van der Waals surface area (Å²) < 4.78 is 0. The van der Waals surface area contributed by atoms with E-state index < -0.39 is 0 Å². The van der Waals surface area contributed by atoms with Gasteiger partial charge in [-0.15, -0.1) is 11.3 Å². The van der Waals surface area contributed by atoms with Crippen molar-refractivity contribution in [1.29, 1.82) is 0 Å². The first-order valence-electron chi connectivity index (χ1n) is 8.66. The fourth-order valence-electron chi connectivity index (χ4n) is 2.89. The molecule has 140 valence electrons. The number of benzene rings is 1. The topological polar surface area (TPSA) is 106 Å². The van der Waals surface area contributed by atoms with E-state index in [0.29, 0.717) is 23.7 Å². The van der Waals surface area contributed by atoms with Crippen LogP contribution in [0, 0.1) is 0 Å². The maximum absolute atomic E-state index is 12.0. The van der Waals surface area contributed by atoms with Crippen molar-refractivity contribution < 1.29 is 4.79 Å². The summed E-state index contributed by atoms with van der Waals surface area (Å²) in [6, 6.07) is 13.6. The van der Waals surface area contributed by atoms with Crippen molar-refractivity contribution in [2.24, 2.45) is 0 Å². The van der Waals surface area contributed by atoms with Crippen LogP contribution in [0.5, 0.6) is 0 Å². The molecule has 3 aromatic heterocycles. The summed E-state index contributed by atoms with van der Waals surface area (Å²) in [5.74, 6) is 0.869. The number of amides is 1. The molecule has 1 amide bonds. The van der Waals surface area contributed by atoms with Crippen LogP contribution in [0.15, 0.2) is 55.0 Å². The molecule has 0 spiro atoms. The van der Waals surface area contributed by atoms with E-state index in [1.54, 1.807) is 36.7 Å². The van der Waals surface area contributed by atoms with Gasteiger partial charge in [-0.1, -0.05) is 6.07 Å². The van der Waals surface area contributed by atoms with Gasteiger partial charge in [-0.25, -0.2) is 15.0 Å². The molecule has 0 atom stereocenters. The van der Waals surface area contributed by atoms with Gasteiger partial charge in [-0.2, -0.15) is 0 Å². The standard InChI is InChI=1S/C20H18N6OS/c1-22-20(27)14-3-2-8-23-19(14)24-10-13-5-7-17(28-13)12-4-6-16-15(9-12)18(21)26-11-25-16/h2-9,11H,10H2,1H3,(H,22,27)(H,23,24)(H2,21,25,26).